The highest BCUT2D eigenvalue weighted by atomic mass is 79.9. The second-order valence-corrected chi connectivity index (χ2v) is 6.70. The minimum absolute atomic E-state index is 0.00423. The highest BCUT2D eigenvalue weighted by Crippen LogP contribution is 2.26. The maximum absolute atomic E-state index is 12.2. The van der Waals surface area contributed by atoms with Gasteiger partial charge in [-0.05, 0) is 52.7 Å². The number of hydrogen-bond donors (Lipinski definition) is 0. The Morgan fingerprint density at radius 3 is 2.41 bits per heavy atom. The summed E-state index contributed by atoms with van der Waals surface area (Å²) in [5, 5.41) is 0. The lowest BCUT2D eigenvalue weighted by molar-refractivity contribution is 0.0437. The molecule has 0 saturated carbocycles. The van der Waals surface area contributed by atoms with Gasteiger partial charge in [-0.3, -0.25) is 4.79 Å². The van der Waals surface area contributed by atoms with Crippen LogP contribution < -0.4 is 4.74 Å². The van der Waals surface area contributed by atoms with E-state index in [1.54, 1.807) is 49.6 Å². The van der Waals surface area contributed by atoms with Crippen molar-refractivity contribution in [2.45, 2.75) is 13.5 Å². The van der Waals surface area contributed by atoms with Crippen LogP contribution in [0, 0.1) is 0 Å². The number of Topliss-reactive ketones (excluding diaryl/α,β-unsaturated/α-hetero) is 1. The molecule has 2 aromatic carbocycles. The van der Waals surface area contributed by atoms with Crippen LogP contribution in [0.15, 0.2) is 63.5 Å². The maximum atomic E-state index is 12.2. The van der Waals surface area contributed by atoms with E-state index in [2.05, 4.69) is 15.9 Å². The molecule has 0 saturated heterocycles. The summed E-state index contributed by atoms with van der Waals surface area (Å²) < 4.78 is 16.9. The maximum Gasteiger partial charge on any atom is 0.374 e. The van der Waals surface area contributed by atoms with E-state index in [-0.39, 0.29) is 18.2 Å². The first kappa shape index (κ1) is 18.9. The molecule has 6 heteroatoms. The lowest BCUT2D eigenvalue weighted by atomic mass is 10.1. The quantitative estimate of drug-likeness (QED) is 0.394. The fourth-order valence-corrected chi connectivity index (χ4v) is 3.08. The molecular formula is C21H17BrO5. The zero-order valence-corrected chi connectivity index (χ0v) is 16.4. The second kappa shape index (κ2) is 8.22. The lowest BCUT2D eigenvalue weighted by Gasteiger charge is -2.07. The Morgan fingerprint density at radius 1 is 1.04 bits per heavy atom. The third kappa shape index (κ3) is 4.46. The van der Waals surface area contributed by atoms with Gasteiger partial charge in [-0.1, -0.05) is 30.3 Å². The lowest BCUT2D eigenvalue weighted by Crippen LogP contribution is -2.04. The molecule has 1 aromatic heterocycles. The van der Waals surface area contributed by atoms with Gasteiger partial charge in [-0.2, -0.15) is 0 Å². The highest BCUT2D eigenvalue weighted by molar-refractivity contribution is 9.10. The molecule has 0 radical (unpaired) electrons. The number of furan rings is 1. The summed E-state index contributed by atoms with van der Waals surface area (Å²) >= 11 is 3.40. The van der Waals surface area contributed by atoms with E-state index in [1.807, 2.05) is 12.1 Å². The third-order valence-corrected chi connectivity index (χ3v) is 4.59. The first-order valence-corrected chi connectivity index (χ1v) is 8.98. The molecule has 138 valence electrons. The predicted molar refractivity (Wildman–Crippen MR) is 104 cm³/mol. The smallest absolute Gasteiger partial charge is 0.374 e. The summed E-state index contributed by atoms with van der Waals surface area (Å²) in [6, 6.07) is 15.7. The van der Waals surface area contributed by atoms with Crippen LogP contribution in [0.5, 0.6) is 5.75 Å². The number of halogens is 1. The number of benzene rings is 2. The van der Waals surface area contributed by atoms with E-state index in [1.165, 1.54) is 6.92 Å². The van der Waals surface area contributed by atoms with Gasteiger partial charge in [0, 0.05) is 11.1 Å². The zero-order valence-electron chi connectivity index (χ0n) is 14.8. The number of methoxy groups -OCH3 is 1. The third-order valence-electron chi connectivity index (χ3n) is 3.97. The minimum Gasteiger partial charge on any atom is -0.496 e. The van der Waals surface area contributed by atoms with Crippen LogP contribution >= 0.6 is 15.9 Å². The van der Waals surface area contributed by atoms with Crippen molar-refractivity contribution in [3.8, 4) is 17.1 Å². The van der Waals surface area contributed by atoms with Gasteiger partial charge in [-0.25, -0.2) is 4.79 Å². The molecular weight excluding hydrogens is 412 g/mol. The molecule has 0 unspecified atom stereocenters. The first-order chi connectivity index (χ1) is 13.0. The van der Waals surface area contributed by atoms with Gasteiger partial charge in [0.1, 0.15) is 18.1 Å². The van der Waals surface area contributed by atoms with Crippen molar-refractivity contribution in [2.24, 2.45) is 0 Å². The van der Waals surface area contributed by atoms with E-state index in [9.17, 15) is 9.59 Å². The van der Waals surface area contributed by atoms with Gasteiger partial charge in [0.2, 0.25) is 5.76 Å². The van der Waals surface area contributed by atoms with Gasteiger partial charge in [-0.15, -0.1) is 0 Å². The van der Waals surface area contributed by atoms with Gasteiger partial charge in [0.05, 0.1) is 11.6 Å². The average Bonchev–Trinajstić information content (AvgIpc) is 3.16. The van der Waals surface area contributed by atoms with Gasteiger partial charge >= 0.3 is 5.97 Å². The number of esters is 1. The van der Waals surface area contributed by atoms with Crippen molar-refractivity contribution in [1.29, 1.82) is 0 Å². The molecule has 0 fully saturated rings. The first-order valence-electron chi connectivity index (χ1n) is 8.18. The SMILES string of the molecule is COc1ccc(COC(=O)c2ccc(-c3ccc(C(C)=O)cc3)o2)cc1Br. The normalized spacial score (nSPS) is 10.5. The highest BCUT2D eigenvalue weighted by Gasteiger charge is 2.14. The van der Waals surface area contributed by atoms with E-state index in [0.29, 0.717) is 17.1 Å². The number of ketones is 1. The second-order valence-electron chi connectivity index (χ2n) is 5.84. The number of carbonyl (C=O) groups excluding carboxylic acids is 2. The molecule has 27 heavy (non-hydrogen) atoms. The number of rotatable bonds is 6. The Hall–Kier alpha value is -2.86. The molecule has 0 bridgehead atoms. The van der Waals surface area contributed by atoms with Crippen molar-refractivity contribution in [3.63, 3.8) is 0 Å². The Kier molecular flexibility index (Phi) is 5.76. The van der Waals surface area contributed by atoms with E-state index < -0.39 is 5.97 Å². The van der Waals surface area contributed by atoms with E-state index in [0.717, 1.165) is 15.6 Å². The molecule has 0 N–H and O–H groups in total. The molecule has 0 aliphatic heterocycles. The average molecular weight is 429 g/mol. The molecule has 3 rings (SSSR count). The van der Waals surface area contributed by atoms with Crippen molar-refractivity contribution < 1.29 is 23.5 Å². The zero-order chi connectivity index (χ0) is 19.4. The fraction of sp³-hybridized carbons (Fsp3) is 0.143. The van der Waals surface area contributed by atoms with Crippen LogP contribution in [-0.2, 0) is 11.3 Å². The van der Waals surface area contributed by atoms with Gasteiger partial charge in [0.25, 0.3) is 0 Å². The van der Waals surface area contributed by atoms with Crippen LogP contribution in [0.2, 0.25) is 0 Å². The van der Waals surface area contributed by atoms with Gasteiger partial charge < -0.3 is 13.9 Å². The van der Waals surface area contributed by atoms with E-state index in [4.69, 9.17) is 13.9 Å². The van der Waals surface area contributed by atoms with Crippen molar-refractivity contribution in [3.05, 3.63) is 76.0 Å². The largest absolute Gasteiger partial charge is 0.496 e. The molecule has 5 nitrogen and oxygen atoms in total. The summed E-state index contributed by atoms with van der Waals surface area (Å²) in [6.07, 6.45) is 0. The Balaban J connectivity index is 1.66. The van der Waals surface area contributed by atoms with Crippen LogP contribution in [0.25, 0.3) is 11.3 Å². The summed E-state index contributed by atoms with van der Waals surface area (Å²) in [4.78, 5) is 23.6. The Morgan fingerprint density at radius 2 is 1.78 bits per heavy atom. The number of hydrogen-bond acceptors (Lipinski definition) is 5. The molecule has 0 aliphatic carbocycles. The minimum atomic E-state index is -0.548. The molecule has 1 heterocycles. The van der Waals surface area contributed by atoms with Crippen LogP contribution in [0.1, 0.15) is 33.4 Å². The molecule has 0 spiro atoms. The standard InChI is InChI=1S/C21H17BrO5/c1-13(23)15-4-6-16(7-5-15)18-9-10-20(27-18)21(24)26-12-14-3-8-19(25-2)17(22)11-14/h3-11H,12H2,1-2H3. The fourth-order valence-electron chi connectivity index (χ4n) is 2.49. The van der Waals surface area contributed by atoms with Gasteiger partial charge in [0.15, 0.2) is 5.78 Å². The summed E-state index contributed by atoms with van der Waals surface area (Å²) in [5.41, 5.74) is 2.22. The van der Waals surface area contributed by atoms with E-state index >= 15 is 0 Å². The molecule has 0 atom stereocenters. The summed E-state index contributed by atoms with van der Waals surface area (Å²) in [7, 11) is 1.59. The van der Waals surface area contributed by atoms with Crippen molar-refractivity contribution in [2.75, 3.05) is 7.11 Å². The Labute approximate surface area is 165 Å². The molecule has 3 aromatic rings. The molecule has 0 amide bonds. The summed E-state index contributed by atoms with van der Waals surface area (Å²) in [5.74, 6) is 0.804. The topological polar surface area (TPSA) is 65.7 Å². The van der Waals surface area contributed by atoms with Crippen LogP contribution in [0.3, 0.4) is 0 Å². The molecule has 0 aliphatic rings. The number of carbonyl (C=O) groups is 2. The van der Waals surface area contributed by atoms with Crippen LogP contribution in [-0.4, -0.2) is 18.9 Å². The number of ether oxygens (including phenoxy) is 2. The summed E-state index contributed by atoms with van der Waals surface area (Å²) in [6.45, 7) is 1.63. The van der Waals surface area contributed by atoms with Crippen molar-refractivity contribution in [1.82, 2.24) is 0 Å². The Bertz CT molecular complexity index is 972. The monoisotopic (exact) mass is 428 g/mol. The van der Waals surface area contributed by atoms with Crippen LogP contribution in [0.4, 0.5) is 0 Å². The van der Waals surface area contributed by atoms with Crippen molar-refractivity contribution >= 4 is 27.7 Å². The predicted octanol–water partition coefficient (Wildman–Crippen LogP) is 5.28.